The lowest BCUT2D eigenvalue weighted by atomic mass is 10.2. The number of carboxylic acid groups (broad SMARTS) is 1. The fourth-order valence-corrected chi connectivity index (χ4v) is 1.78. The van der Waals surface area contributed by atoms with Gasteiger partial charge in [0.2, 0.25) is 0 Å². The normalized spacial score (nSPS) is 18.9. The molecule has 0 spiro atoms. The minimum atomic E-state index is -0.866. The molecule has 0 radical (unpaired) electrons. The fraction of sp³-hybridized carbons (Fsp3) is 0.636. The van der Waals surface area contributed by atoms with Gasteiger partial charge in [-0.15, -0.1) is 0 Å². The number of aliphatic carboxylic acids is 1. The lowest BCUT2D eigenvalue weighted by Gasteiger charge is -2.21. The van der Waals surface area contributed by atoms with Crippen molar-refractivity contribution in [1.82, 2.24) is 4.90 Å². The summed E-state index contributed by atoms with van der Waals surface area (Å²) in [5, 5.41) is 8.63. The number of carboxylic acids is 1. The van der Waals surface area contributed by atoms with Crippen LogP contribution in [-0.2, 0) is 14.3 Å². The first-order valence-corrected chi connectivity index (χ1v) is 5.52. The van der Waals surface area contributed by atoms with Crippen molar-refractivity contribution in [2.45, 2.75) is 31.7 Å². The third-order valence-electron chi connectivity index (χ3n) is 2.80. The van der Waals surface area contributed by atoms with Crippen LogP contribution in [0.3, 0.4) is 0 Å². The molecule has 0 aromatic carbocycles. The van der Waals surface area contributed by atoms with E-state index < -0.39 is 5.97 Å². The number of amides is 1. The Bertz CT molecular complexity index is 333. The van der Waals surface area contributed by atoms with E-state index in [1.54, 1.807) is 4.90 Å². The van der Waals surface area contributed by atoms with Crippen LogP contribution in [0.5, 0.6) is 0 Å². The second-order valence-electron chi connectivity index (χ2n) is 4.14. The van der Waals surface area contributed by atoms with Gasteiger partial charge in [0.1, 0.15) is 0 Å². The number of ether oxygens (including phenoxy) is 1. The molecule has 16 heavy (non-hydrogen) atoms. The average Bonchev–Trinajstić information content (AvgIpc) is 2.93. The predicted molar refractivity (Wildman–Crippen MR) is 55.6 cm³/mol. The zero-order valence-electron chi connectivity index (χ0n) is 9.02. The van der Waals surface area contributed by atoms with E-state index in [0.29, 0.717) is 25.1 Å². The van der Waals surface area contributed by atoms with Crippen LogP contribution in [0.15, 0.2) is 11.8 Å². The van der Waals surface area contributed by atoms with Crippen molar-refractivity contribution in [2.24, 2.45) is 0 Å². The quantitative estimate of drug-likeness (QED) is 0.750. The van der Waals surface area contributed by atoms with Crippen molar-refractivity contribution in [3.8, 4) is 0 Å². The highest BCUT2D eigenvalue weighted by atomic mass is 16.5. The van der Waals surface area contributed by atoms with Gasteiger partial charge in [0.05, 0.1) is 24.9 Å². The Hall–Kier alpha value is -1.52. The van der Waals surface area contributed by atoms with Gasteiger partial charge in [0.15, 0.2) is 0 Å². The number of carbonyl (C=O) groups is 2. The molecule has 1 fully saturated rings. The van der Waals surface area contributed by atoms with Crippen LogP contribution in [-0.4, -0.2) is 41.1 Å². The van der Waals surface area contributed by atoms with Gasteiger partial charge in [0, 0.05) is 19.0 Å². The molecule has 1 saturated carbocycles. The Kier molecular flexibility index (Phi) is 3.12. The second-order valence-corrected chi connectivity index (χ2v) is 4.14. The third-order valence-corrected chi connectivity index (χ3v) is 2.80. The number of nitrogens with zero attached hydrogens (tertiary/aromatic N) is 1. The van der Waals surface area contributed by atoms with Crippen LogP contribution in [0.25, 0.3) is 0 Å². The smallest absolute Gasteiger partial charge is 0.305 e. The predicted octanol–water partition coefficient (Wildman–Crippen LogP) is 0.756. The molecule has 88 valence electrons. The van der Waals surface area contributed by atoms with Crippen molar-refractivity contribution in [1.29, 1.82) is 0 Å². The van der Waals surface area contributed by atoms with E-state index in [1.807, 2.05) is 0 Å². The molecule has 2 rings (SSSR count). The van der Waals surface area contributed by atoms with Gasteiger partial charge >= 0.3 is 5.97 Å². The molecular formula is C11H15NO4. The molecule has 0 atom stereocenters. The zero-order valence-corrected chi connectivity index (χ0v) is 9.02. The highest BCUT2D eigenvalue weighted by Gasteiger charge is 2.34. The molecule has 0 aromatic heterocycles. The van der Waals surface area contributed by atoms with Gasteiger partial charge in [-0.3, -0.25) is 9.59 Å². The summed E-state index contributed by atoms with van der Waals surface area (Å²) in [5.74, 6) is -0.920. The van der Waals surface area contributed by atoms with Crippen LogP contribution in [0, 0.1) is 0 Å². The van der Waals surface area contributed by atoms with Crippen molar-refractivity contribution < 1.29 is 19.4 Å². The molecule has 1 amide bonds. The highest BCUT2D eigenvalue weighted by Crippen LogP contribution is 2.29. The van der Waals surface area contributed by atoms with E-state index >= 15 is 0 Å². The molecule has 5 heteroatoms. The van der Waals surface area contributed by atoms with Crippen molar-refractivity contribution in [3.63, 3.8) is 0 Å². The first-order chi connectivity index (χ1) is 7.68. The number of hydrogen-bond donors (Lipinski definition) is 1. The molecule has 0 saturated heterocycles. The Morgan fingerprint density at radius 3 is 2.75 bits per heavy atom. The molecule has 0 unspecified atom stereocenters. The summed E-state index contributed by atoms with van der Waals surface area (Å²) in [7, 11) is 0. The number of carbonyl (C=O) groups excluding carboxylic acids is 1. The molecule has 5 nitrogen and oxygen atoms in total. The van der Waals surface area contributed by atoms with E-state index in [9.17, 15) is 9.59 Å². The summed E-state index contributed by atoms with van der Waals surface area (Å²) >= 11 is 0. The molecule has 1 heterocycles. The topological polar surface area (TPSA) is 66.8 Å². The molecule has 1 N–H and O–H groups in total. The molecule has 1 aliphatic heterocycles. The Labute approximate surface area is 93.7 Å². The first kappa shape index (κ1) is 11.0. The SMILES string of the molecule is O=C(O)CCN(C(=O)C1=COCC1)C1CC1. The average molecular weight is 225 g/mol. The minimum absolute atomic E-state index is 0.0103. The second kappa shape index (κ2) is 4.55. The van der Waals surface area contributed by atoms with Gasteiger partial charge < -0.3 is 14.7 Å². The summed E-state index contributed by atoms with van der Waals surface area (Å²) in [4.78, 5) is 24.2. The van der Waals surface area contributed by atoms with E-state index in [-0.39, 0.29) is 18.4 Å². The largest absolute Gasteiger partial charge is 0.500 e. The summed E-state index contributed by atoms with van der Waals surface area (Å²) in [6.45, 7) is 0.856. The van der Waals surface area contributed by atoms with E-state index in [1.165, 1.54) is 6.26 Å². The van der Waals surface area contributed by atoms with E-state index in [2.05, 4.69) is 0 Å². The van der Waals surface area contributed by atoms with Crippen LogP contribution in [0.2, 0.25) is 0 Å². The molecule has 1 aliphatic carbocycles. The monoisotopic (exact) mass is 225 g/mol. The lowest BCUT2D eigenvalue weighted by molar-refractivity contribution is -0.138. The standard InChI is InChI=1S/C11H15NO4/c13-10(14)3-5-12(9-1-2-9)11(15)8-4-6-16-7-8/h7,9H,1-6H2,(H,13,14). The van der Waals surface area contributed by atoms with Crippen molar-refractivity contribution in [2.75, 3.05) is 13.2 Å². The van der Waals surface area contributed by atoms with Crippen LogP contribution >= 0.6 is 0 Å². The van der Waals surface area contributed by atoms with E-state index in [0.717, 1.165) is 12.8 Å². The Morgan fingerprint density at radius 1 is 1.50 bits per heavy atom. The van der Waals surface area contributed by atoms with E-state index in [4.69, 9.17) is 9.84 Å². The van der Waals surface area contributed by atoms with Crippen LogP contribution < -0.4 is 0 Å². The summed E-state index contributed by atoms with van der Waals surface area (Å²) < 4.78 is 5.03. The van der Waals surface area contributed by atoms with Crippen LogP contribution in [0.4, 0.5) is 0 Å². The third kappa shape index (κ3) is 2.53. The van der Waals surface area contributed by atoms with Gasteiger partial charge in [0.25, 0.3) is 5.91 Å². The summed E-state index contributed by atoms with van der Waals surface area (Å²) in [6, 6.07) is 0.244. The molecule has 0 bridgehead atoms. The van der Waals surface area contributed by atoms with Gasteiger partial charge in [-0.25, -0.2) is 0 Å². The van der Waals surface area contributed by atoms with Gasteiger partial charge in [-0.1, -0.05) is 0 Å². The Morgan fingerprint density at radius 2 is 2.25 bits per heavy atom. The molecular weight excluding hydrogens is 210 g/mol. The summed E-state index contributed by atoms with van der Waals surface area (Å²) in [5.41, 5.74) is 0.664. The van der Waals surface area contributed by atoms with Crippen LogP contribution in [0.1, 0.15) is 25.7 Å². The molecule has 2 aliphatic rings. The first-order valence-electron chi connectivity index (χ1n) is 5.52. The van der Waals surface area contributed by atoms with Crippen molar-refractivity contribution >= 4 is 11.9 Å². The van der Waals surface area contributed by atoms with Crippen molar-refractivity contribution in [3.05, 3.63) is 11.8 Å². The fourth-order valence-electron chi connectivity index (χ4n) is 1.78. The number of hydrogen-bond acceptors (Lipinski definition) is 3. The van der Waals surface area contributed by atoms with Gasteiger partial charge in [-0.05, 0) is 12.8 Å². The Balaban J connectivity index is 1.95. The number of rotatable bonds is 5. The summed E-state index contributed by atoms with van der Waals surface area (Å²) in [6.07, 6.45) is 4.11. The maximum Gasteiger partial charge on any atom is 0.305 e. The maximum atomic E-state index is 12.0. The lowest BCUT2D eigenvalue weighted by Crippen LogP contribution is -2.35. The minimum Gasteiger partial charge on any atom is -0.500 e. The maximum absolute atomic E-state index is 12.0. The zero-order chi connectivity index (χ0) is 11.5. The van der Waals surface area contributed by atoms with Gasteiger partial charge in [-0.2, -0.15) is 0 Å². The highest BCUT2D eigenvalue weighted by molar-refractivity contribution is 5.94. The molecule has 0 aromatic rings.